The first-order chi connectivity index (χ1) is 13.2. The maximum atomic E-state index is 10.5. The number of aryl methyl sites for hydroxylation is 1. The number of hydrogen-bond donors (Lipinski definition) is 1. The van der Waals surface area contributed by atoms with Crippen molar-refractivity contribution >= 4 is 0 Å². The van der Waals surface area contributed by atoms with Crippen LogP contribution in [0.2, 0.25) is 0 Å². The van der Waals surface area contributed by atoms with Gasteiger partial charge in [-0.25, -0.2) is 0 Å². The smallest absolute Gasteiger partial charge is 0.119 e. The minimum Gasteiger partial charge on any atom is -0.491 e. The highest BCUT2D eigenvalue weighted by Gasteiger charge is 2.14. The monoisotopic (exact) mass is 361 g/mol. The van der Waals surface area contributed by atoms with Crippen LogP contribution in [0.25, 0.3) is 0 Å². The summed E-state index contributed by atoms with van der Waals surface area (Å²) >= 11 is 0. The fourth-order valence-electron chi connectivity index (χ4n) is 3.11. The van der Waals surface area contributed by atoms with E-state index in [0.29, 0.717) is 6.54 Å². The molecule has 0 fully saturated rings. The van der Waals surface area contributed by atoms with Gasteiger partial charge in [0.05, 0.1) is 0 Å². The predicted octanol–water partition coefficient (Wildman–Crippen LogP) is 4.44. The quantitative estimate of drug-likeness (QED) is 0.612. The second kappa shape index (κ2) is 9.91. The largest absolute Gasteiger partial charge is 0.491 e. The van der Waals surface area contributed by atoms with Crippen molar-refractivity contribution in [3.8, 4) is 5.75 Å². The van der Waals surface area contributed by atoms with Crippen LogP contribution in [0.3, 0.4) is 0 Å². The Morgan fingerprint density at radius 3 is 2.15 bits per heavy atom. The molecule has 27 heavy (non-hydrogen) atoms. The molecule has 0 aliphatic carbocycles. The van der Waals surface area contributed by atoms with Crippen LogP contribution in [0.5, 0.6) is 5.75 Å². The number of benzene rings is 3. The zero-order valence-corrected chi connectivity index (χ0v) is 15.8. The molecule has 0 saturated carbocycles. The number of aliphatic hydroxyl groups is 1. The van der Waals surface area contributed by atoms with Crippen LogP contribution in [0.4, 0.5) is 0 Å². The molecule has 1 N–H and O–H groups in total. The average molecular weight is 361 g/mol. The van der Waals surface area contributed by atoms with Crippen molar-refractivity contribution < 1.29 is 9.84 Å². The Bertz CT molecular complexity index is 805. The molecule has 0 heterocycles. The Kier molecular flexibility index (Phi) is 7.03. The summed E-state index contributed by atoms with van der Waals surface area (Å²) in [6.45, 7) is 4.55. The van der Waals surface area contributed by atoms with E-state index in [0.717, 1.165) is 18.8 Å². The zero-order valence-electron chi connectivity index (χ0n) is 15.8. The summed E-state index contributed by atoms with van der Waals surface area (Å²) in [7, 11) is 0. The van der Waals surface area contributed by atoms with Crippen molar-refractivity contribution in [2.45, 2.75) is 26.1 Å². The second-order valence-corrected chi connectivity index (χ2v) is 6.86. The maximum Gasteiger partial charge on any atom is 0.119 e. The van der Waals surface area contributed by atoms with Crippen LogP contribution in [-0.2, 0) is 13.1 Å². The zero-order chi connectivity index (χ0) is 18.9. The van der Waals surface area contributed by atoms with Crippen LogP contribution in [0, 0.1) is 6.92 Å². The molecule has 0 amide bonds. The summed E-state index contributed by atoms with van der Waals surface area (Å²) in [5.74, 6) is 0.782. The summed E-state index contributed by atoms with van der Waals surface area (Å²) in [5, 5.41) is 10.5. The van der Waals surface area contributed by atoms with Gasteiger partial charge in [-0.3, -0.25) is 4.90 Å². The molecule has 0 saturated heterocycles. The van der Waals surface area contributed by atoms with Gasteiger partial charge >= 0.3 is 0 Å². The van der Waals surface area contributed by atoms with Gasteiger partial charge in [0.25, 0.3) is 0 Å². The first-order valence-electron chi connectivity index (χ1n) is 9.37. The highest BCUT2D eigenvalue weighted by molar-refractivity contribution is 5.26. The molecule has 0 aliphatic rings. The summed E-state index contributed by atoms with van der Waals surface area (Å²) < 4.78 is 5.72. The molecule has 3 heteroatoms. The van der Waals surface area contributed by atoms with E-state index in [2.05, 4.69) is 60.4 Å². The summed E-state index contributed by atoms with van der Waals surface area (Å²) in [5.41, 5.74) is 3.79. The van der Waals surface area contributed by atoms with Crippen molar-refractivity contribution in [3.63, 3.8) is 0 Å². The van der Waals surface area contributed by atoms with Crippen molar-refractivity contribution in [2.75, 3.05) is 13.2 Å². The molecule has 3 rings (SSSR count). The van der Waals surface area contributed by atoms with Crippen LogP contribution in [0.15, 0.2) is 84.9 Å². The lowest BCUT2D eigenvalue weighted by Crippen LogP contribution is -2.35. The van der Waals surface area contributed by atoms with Crippen molar-refractivity contribution in [2.24, 2.45) is 0 Å². The van der Waals surface area contributed by atoms with E-state index in [1.54, 1.807) is 0 Å². The number of aliphatic hydroxyl groups excluding tert-OH is 1. The van der Waals surface area contributed by atoms with Gasteiger partial charge in [-0.15, -0.1) is 0 Å². The first kappa shape index (κ1) is 19.2. The average Bonchev–Trinajstić information content (AvgIpc) is 2.70. The Hall–Kier alpha value is -2.62. The molecule has 0 aliphatic heterocycles. The lowest BCUT2D eigenvalue weighted by Gasteiger charge is -2.26. The lowest BCUT2D eigenvalue weighted by atomic mass is 10.1. The van der Waals surface area contributed by atoms with Crippen LogP contribution >= 0.6 is 0 Å². The minimum absolute atomic E-state index is 0.281. The molecular formula is C24H27NO2. The predicted molar refractivity (Wildman–Crippen MR) is 110 cm³/mol. The molecule has 0 bridgehead atoms. The number of nitrogens with zero attached hydrogens (tertiary/aromatic N) is 1. The summed E-state index contributed by atoms with van der Waals surface area (Å²) in [6, 6.07) is 28.4. The summed E-state index contributed by atoms with van der Waals surface area (Å²) in [6.07, 6.45) is -0.557. The fourth-order valence-corrected chi connectivity index (χ4v) is 3.11. The van der Waals surface area contributed by atoms with E-state index in [-0.39, 0.29) is 6.61 Å². The molecule has 1 atom stereocenters. The molecular weight excluding hydrogens is 334 g/mol. The van der Waals surface area contributed by atoms with Gasteiger partial charge in [0.2, 0.25) is 0 Å². The van der Waals surface area contributed by atoms with Gasteiger partial charge in [-0.1, -0.05) is 72.8 Å². The topological polar surface area (TPSA) is 32.7 Å². The number of para-hydroxylation sites is 1. The normalized spacial score (nSPS) is 12.1. The number of rotatable bonds is 9. The van der Waals surface area contributed by atoms with Gasteiger partial charge < -0.3 is 9.84 Å². The highest BCUT2D eigenvalue weighted by Crippen LogP contribution is 2.15. The molecule has 0 radical (unpaired) electrons. The number of hydrogen-bond acceptors (Lipinski definition) is 3. The third-order valence-electron chi connectivity index (χ3n) is 4.56. The SMILES string of the molecule is Cc1ccccc1CN(Cc1ccccc1)C[C@@H](O)COc1ccccc1. The van der Waals surface area contributed by atoms with Gasteiger partial charge in [-0.2, -0.15) is 0 Å². The van der Waals surface area contributed by atoms with Gasteiger partial charge in [0.15, 0.2) is 0 Å². The van der Waals surface area contributed by atoms with Crippen molar-refractivity contribution in [3.05, 3.63) is 102 Å². The van der Waals surface area contributed by atoms with E-state index in [1.807, 2.05) is 36.4 Å². The molecule has 3 nitrogen and oxygen atoms in total. The minimum atomic E-state index is -0.557. The summed E-state index contributed by atoms with van der Waals surface area (Å²) in [4.78, 5) is 2.27. The Morgan fingerprint density at radius 2 is 1.44 bits per heavy atom. The molecule has 0 unspecified atom stereocenters. The Balaban J connectivity index is 1.64. The van der Waals surface area contributed by atoms with Gasteiger partial charge in [-0.05, 0) is 35.7 Å². The fraction of sp³-hybridized carbons (Fsp3) is 0.250. The lowest BCUT2D eigenvalue weighted by molar-refractivity contribution is 0.0628. The van der Waals surface area contributed by atoms with E-state index >= 15 is 0 Å². The van der Waals surface area contributed by atoms with E-state index in [1.165, 1.54) is 16.7 Å². The highest BCUT2D eigenvalue weighted by atomic mass is 16.5. The van der Waals surface area contributed by atoms with Gasteiger partial charge in [0, 0.05) is 19.6 Å². The second-order valence-electron chi connectivity index (χ2n) is 6.86. The van der Waals surface area contributed by atoms with Crippen LogP contribution in [-0.4, -0.2) is 29.3 Å². The Morgan fingerprint density at radius 1 is 0.815 bits per heavy atom. The molecule has 3 aromatic carbocycles. The standard InChI is InChI=1S/C24H27NO2/c1-20-10-8-9-13-22(20)17-25(16-21-11-4-2-5-12-21)18-23(26)19-27-24-14-6-3-7-15-24/h2-15,23,26H,16-19H2,1H3/t23-/m1/s1. The molecule has 3 aromatic rings. The molecule has 140 valence electrons. The van der Waals surface area contributed by atoms with Gasteiger partial charge in [0.1, 0.15) is 18.5 Å². The van der Waals surface area contributed by atoms with Crippen LogP contribution < -0.4 is 4.74 Å². The Labute approximate surface area is 161 Å². The van der Waals surface area contributed by atoms with Crippen molar-refractivity contribution in [1.82, 2.24) is 4.90 Å². The van der Waals surface area contributed by atoms with E-state index in [4.69, 9.17) is 4.74 Å². The first-order valence-corrected chi connectivity index (χ1v) is 9.37. The number of ether oxygens (including phenoxy) is 1. The van der Waals surface area contributed by atoms with Crippen LogP contribution in [0.1, 0.15) is 16.7 Å². The molecule has 0 aromatic heterocycles. The molecule has 0 spiro atoms. The third kappa shape index (κ3) is 6.24. The maximum absolute atomic E-state index is 10.5. The van der Waals surface area contributed by atoms with E-state index in [9.17, 15) is 5.11 Å². The third-order valence-corrected chi connectivity index (χ3v) is 4.56. The van der Waals surface area contributed by atoms with E-state index < -0.39 is 6.10 Å². The van der Waals surface area contributed by atoms with Crippen molar-refractivity contribution in [1.29, 1.82) is 0 Å².